The van der Waals surface area contributed by atoms with Crippen LogP contribution in [0.3, 0.4) is 0 Å². The molecule has 60 heavy (non-hydrogen) atoms. The number of furan rings is 1. The Hall–Kier alpha value is -8.22. The Bertz CT molecular complexity index is 3570. The van der Waals surface area contributed by atoms with Gasteiger partial charge in [0.1, 0.15) is 22.7 Å². The molecule has 0 bridgehead atoms. The van der Waals surface area contributed by atoms with E-state index in [1.54, 1.807) is 0 Å². The van der Waals surface area contributed by atoms with Crippen molar-refractivity contribution in [2.45, 2.75) is 0 Å². The predicted octanol–water partition coefficient (Wildman–Crippen LogP) is 14.2. The molecule has 0 amide bonds. The summed E-state index contributed by atoms with van der Waals surface area (Å²) in [4.78, 5) is 10.2. The molecule has 12 rings (SSSR count). The molecule has 0 spiro atoms. The van der Waals surface area contributed by atoms with Gasteiger partial charge in [-0.25, -0.2) is 4.98 Å². The molecule has 4 heterocycles. The fourth-order valence-corrected chi connectivity index (χ4v) is 8.66. The Morgan fingerprint density at radius 2 is 1.10 bits per heavy atom. The maximum absolute atomic E-state index is 6.93. The number of ether oxygens (including phenoxy) is 1. The molecule has 0 radical (unpaired) electrons. The van der Waals surface area contributed by atoms with Gasteiger partial charge in [0, 0.05) is 45.1 Å². The third-order valence-electron chi connectivity index (χ3n) is 11.4. The van der Waals surface area contributed by atoms with Gasteiger partial charge in [-0.2, -0.15) is 0 Å². The van der Waals surface area contributed by atoms with Crippen LogP contribution in [0.1, 0.15) is 0 Å². The van der Waals surface area contributed by atoms with E-state index >= 15 is 0 Å². The lowest BCUT2D eigenvalue weighted by atomic mass is 10.0. The molecular weight excluding hydrogens is 737 g/mol. The van der Waals surface area contributed by atoms with Gasteiger partial charge in [-0.15, -0.1) is 0 Å². The molecule has 6 nitrogen and oxygen atoms in total. The summed E-state index contributed by atoms with van der Waals surface area (Å²) >= 11 is 0. The topological polar surface area (TPSA) is 58.0 Å². The molecule has 0 N–H and O–H groups in total. The van der Waals surface area contributed by atoms with Gasteiger partial charge in [-0.3, -0.25) is 14.1 Å². The first kappa shape index (κ1) is 33.9. The van der Waals surface area contributed by atoms with Crippen molar-refractivity contribution in [1.82, 2.24) is 19.1 Å². The van der Waals surface area contributed by atoms with Crippen LogP contribution in [0.2, 0.25) is 0 Å². The van der Waals surface area contributed by atoms with Crippen LogP contribution in [0.25, 0.3) is 99.9 Å². The Kier molecular flexibility index (Phi) is 7.74. The number of pyridine rings is 1. The van der Waals surface area contributed by atoms with Gasteiger partial charge in [0.05, 0.1) is 27.8 Å². The Labute approximate surface area is 344 Å². The van der Waals surface area contributed by atoms with Crippen LogP contribution in [-0.4, -0.2) is 19.1 Å². The van der Waals surface area contributed by atoms with E-state index in [0.717, 1.165) is 99.9 Å². The van der Waals surface area contributed by atoms with E-state index in [4.69, 9.17) is 19.1 Å². The second-order valence-corrected chi connectivity index (χ2v) is 15.0. The summed E-state index contributed by atoms with van der Waals surface area (Å²) in [5, 5.41) is 4.21. The zero-order valence-corrected chi connectivity index (χ0v) is 32.2. The average molecular weight is 771 g/mol. The third-order valence-corrected chi connectivity index (χ3v) is 11.4. The minimum Gasteiger partial charge on any atom is -0.457 e. The molecule has 12 aromatic rings. The summed E-state index contributed by atoms with van der Waals surface area (Å²) in [6.07, 6.45) is 1.86. The third kappa shape index (κ3) is 5.57. The highest BCUT2D eigenvalue weighted by Gasteiger charge is 2.22. The van der Waals surface area contributed by atoms with E-state index < -0.39 is 0 Å². The lowest BCUT2D eigenvalue weighted by Crippen LogP contribution is -2.05. The van der Waals surface area contributed by atoms with Crippen LogP contribution in [0, 0.1) is 0 Å². The van der Waals surface area contributed by atoms with E-state index in [1.165, 1.54) is 0 Å². The molecule has 8 aromatic carbocycles. The summed E-state index contributed by atoms with van der Waals surface area (Å²) in [5.41, 5.74) is 12.7. The van der Waals surface area contributed by atoms with E-state index in [9.17, 15) is 0 Å². The van der Waals surface area contributed by atoms with Crippen LogP contribution in [0.5, 0.6) is 11.5 Å². The molecule has 0 atom stereocenters. The smallest absolute Gasteiger partial charge is 0.220 e. The second-order valence-electron chi connectivity index (χ2n) is 15.0. The van der Waals surface area contributed by atoms with Crippen molar-refractivity contribution in [2.75, 3.05) is 0 Å². The van der Waals surface area contributed by atoms with Crippen molar-refractivity contribution in [3.05, 3.63) is 206 Å². The molecule has 0 fully saturated rings. The average Bonchev–Trinajstić information content (AvgIpc) is 3.98. The van der Waals surface area contributed by atoms with E-state index in [-0.39, 0.29) is 0 Å². The van der Waals surface area contributed by atoms with Gasteiger partial charge in [-0.05, 0) is 101 Å². The zero-order valence-electron chi connectivity index (χ0n) is 32.2. The summed E-state index contributed by atoms with van der Waals surface area (Å²) in [5.74, 6) is 2.18. The number of para-hydroxylation sites is 4. The molecule has 0 aliphatic heterocycles. The van der Waals surface area contributed by atoms with Crippen molar-refractivity contribution in [2.24, 2.45) is 0 Å². The van der Waals surface area contributed by atoms with Gasteiger partial charge in [-0.1, -0.05) is 115 Å². The Balaban J connectivity index is 1.05. The predicted molar refractivity (Wildman–Crippen MR) is 243 cm³/mol. The van der Waals surface area contributed by atoms with Crippen molar-refractivity contribution >= 4 is 54.8 Å². The standard InChI is InChI=1S/C54H34N4O2/c1-4-14-35(15-5-1)37-24-26-44-45-32-41(33-46(53(45)60-52(44)31-37)48-30-38(28-29-55-48)36-16-6-2-7-17-36)59-40-25-27-43-42-20-10-12-22-49(42)58(51(43)34-40)54-56-47-21-11-13-23-50(47)57(54)39-18-8-3-9-19-39/h1-34H. The highest BCUT2D eigenvalue weighted by Crippen LogP contribution is 2.43. The minimum atomic E-state index is 0.679. The highest BCUT2D eigenvalue weighted by atomic mass is 16.5. The largest absolute Gasteiger partial charge is 0.457 e. The van der Waals surface area contributed by atoms with Crippen molar-refractivity contribution < 1.29 is 9.15 Å². The second kappa shape index (κ2) is 13.7. The molecule has 282 valence electrons. The van der Waals surface area contributed by atoms with Crippen molar-refractivity contribution in [1.29, 1.82) is 0 Å². The van der Waals surface area contributed by atoms with Gasteiger partial charge in [0.15, 0.2) is 0 Å². The van der Waals surface area contributed by atoms with E-state index in [0.29, 0.717) is 11.5 Å². The van der Waals surface area contributed by atoms with Gasteiger partial charge >= 0.3 is 0 Å². The van der Waals surface area contributed by atoms with Crippen LogP contribution < -0.4 is 4.74 Å². The lowest BCUT2D eigenvalue weighted by Gasteiger charge is -2.13. The molecular formula is C54H34N4O2. The fraction of sp³-hybridized carbons (Fsp3) is 0. The molecule has 4 aromatic heterocycles. The van der Waals surface area contributed by atoms with Crippen LogP contribution in [0.15, 0.2) is 211 Å². The van der Waals surface area contributed by atoms with E-state index in [1.807, 2.05) is 36.5 Å². The molecule has 0 saturated heterocycles. The SMILES string of the molecule is c1ccc(-c2ccnc(-c3cc(Oc4ccc5c6ccccc6n(-c6nc7ccccc7n6-c6ccccc6)c5c4)cc4c3oc3cc(-c5ccccc5)ccc34)c2)cc1. The highest BCUT2D eigenvalue weighted by molar-refractivity contribution is 6.11. The number of aromatic nitrogens is 4. The van der Waals surface area contributed by atoms with Gasteiger partial charge < -0.3 is 9.15 Å². The monoisotopic (exact) mass is 770 g/mol. The first-order valence-corrected chi connectivity index (χ1v) is 20.1. The molecule has 6 heteroatoms. The fourth-order valence-electron chi connectivity index (χ4n) is 8.66. The van der Waals surface area contributed by atoms with Crippen molar-refractivity contribution in [3.8, 4) is 56.6 Å². The zero-order chi connectivity index (χ0) is 39.6. The summed E-state index contributed by atoms with van der Waals surface area (Å²) < 4.78 is 18.2. The lowest BCUT2D eigenvalue weighted by molar-refractivity contribution is 0.484. The van der Waals surface area contributed by atoms with Crippen molar-refractivity contribution in [3.63, 3.8) is 0 Å². The van der Waals surface area contributed by atoms with E-state index in [2.05, 4.69) is 179 Å². The molecule has 0 aliphatic rings. The van der Waals surface area contributed by atoms with Gasteiger partial charge in [0.25, 0.3) is 0 Å². The number of rotatable bonds is 7. The van der Waals surface area contributed by atoms with Gasteiger partial charge in [0.2, 0.25) is 5.95 Å². The number of imidazole rings is 1. The Morgan fingerprint density at radius 1 is 0.433 bits per heavy atom. The number of hydrogen-bond donors (Lipinski definition) is 0. The number of hydrogen-bond acceptors (Lipinski definition) is 4. The first-order valence-electron chi connectivity index (χ1n) is 20.1. The number of benzene rings is 8. The Morgan fingerprint density at radius 3 is 1.90 bits per heavy atom. The molecule has 0 aliphatic carbocycles. The normalized spacial score (nSPS) is 11.7. The maximum atomic E-state index is 6.93. The number of nitrogens with zero attached hydrogens (tertiary/aromatic N) is 4. The summed E-state index contributed by atoms with van der Waals surface area (Å²) in [6, 6.07) is 69.1. The first-order chi connectivity index (χ1) is 29.7. The summed E-state index contributed by atoms with van der Waals surface area (Å²) in [7, 11) is 0. The van der Waals surface area contributed by atoms with Crippen LogP contribution >= 0.6 is 0 Å². The number of fused-ring (bicyclic) bond motifs is 7. The van der Waals surface area contributed by atoms with Crippen LogP contribution in [-0.2, 0) is 0 Å². The maximum Gasteiger partial charge on any atom is 0.220 e. The molecule has 0 unspecified atom stereocenters. The van der Waals surface area contributed by atoms with Crippen LogP contribution in [0.4, 0.5) is 0 Å². The summed E-state index contributed by atoms with van der Waals surface area (Å²) in [6.45, 7) is 0. The quantitative estimate of drug-likeness (QED) is 0.162. The minimum absolute atomic E-state index is 0.679. The molecule has 0 saturated carbocycles.